The van der Waals surface area contributed by atoms with Crippen molar-refractivity contribution in [1.29, 1.82) is 5.26 Å². The summed E-state index contributed by atoms with van der Waals surface area (Å²) in [7, 11) is -5.10. The van der Waals surface area contributed by atoms with Crippen molar-refractivity contribution in [2.75, 3.05) is 11.5 Å². The molecule has 0 radical (unpaired) electrons. The van der Waals surface area contributed by atoms with E-state index in [0.29, 0.717) is 23.2 Å². The van der Waals surface area contributed by atoms with Crippen LogP contribution in [0, 0.1) is 17.1 Å². The Morgan fingerprint density at radius 3 is 2.39 bits per heavy atom. The minimum absolute atomic E-state index is 0.0233. The lowest BCUT2D eigenvalue weighted by Gasteiger charge is -2.31. The number of nitrogens with zero attached hydrogens (tertiary/aromatic N) is 5. The summed E-state index contributed by atoms with van der Waals surface area (Å²) in [6.07, 6.45) is 3.02. The fourth-order valence-corrected chi connectivity index (χ4v) is 6.51. The molecule has 18 heteroatoms. The topological polar surface area (TPSA) is 200 Å². The first kappa shape index (κ1) is 37.6. The highest BCUT2D eigenvalue weighted by Gasteiger charge is 2.51. The van der Waals surface area contributed by atoms with Gasteiger partial charge in [-0.15, -0.1) is 0 Å². The molecule has 266 valence electrons. The summed E-state index contributed by atoms with van der Waals surface area (Å²) in [4.78, 5) is 70.8. The van der Waals surface area contributed by atoms with Gasteiger partial charge in [-0.3, -0.25) is 28.5 Å². The lowest BCUT2D eigenvalue weighted by atomic mass is 9.91. The molecule has 2 aromatic carbocycles. The molecule has 0 fully saturated rings. The zero-order valence-corrected chi connectivity index (χ0v) is 29.7. The minimum Gasteiger partial charge on any atom is -0.343 e. The highest BCUT2D eigenvalue weighted by Crippen LogP contribution is 2.44. The number of nitrogens with one attached hydrogen (secondary N) is 2. The third kappa shape index (κ3) is 7.67. The molecular formula is C33H31Cl2FN7O7P. The number of carbonyl (C=O) groups is 3. The average molecular weight is 759 g/mol. The second-order valence-corrected chi connectivity index (χ2v) is 14.2. The normalized spacial score (nSPS) is 17.3. The Labute approximate surface area is 301 Å². The van der Waals surface area contributed by atoms with Crippen LogP contribution in [0.25, 0.3) is 0 Å². The summed E-state index contributed by atoms with van der Waals surface area (Å²) in [6, 6.07) is 14.3. The fraction of sp³-hybridized carbons (Fsp3) is 0.273. The van der Waals surface area contributed by atoms with Crippen LogP contribution in [0.15, 0.2) is 67.0 Å². The zero-order chi connectivity index (χ0) is 37.3. The molecule has 1 unspecified atom stereocenters. The second kappa shape index (κ2) is 14.5. The van der Waals surface area contributed by atoms with Gasteiger partial charge in [0.25, 0.3) is 11.8 Å². The third-order valence-corrected chi connectivity index (χ3v) is 9.59. The van der Waals surface area contributed by atoms with Gasteiger partial charge in [0, 0.05) is 12.6 Å². The second-order valence-electron chi connectivity index (χ2n) is 12.1. The monoisotopic (exact) mass is 757 g/mol. The van der Waals surface area contributed by atoms with E-state index < -0.39 is 55.1 Å². The number of phosphoric ester groups is 1. The van der Waals surface area contributed by atoms with Crippen molar-refractivity contribution in [3.05, 3.63) is 105 Å². The van der Waals surface area contributed by atoms with Crippen LogP contribution in [0.4, 0.5) is 16.0 Å². The van der Waals surface area contributed by atoms with E-state index in [2.05, 4.69) is 25.1 Å². The van der Waals surface area contributed by atoms with Gasteiger partial charge < -0.3 is 20.4 Å². The number of anilines is 2. The molecule has 14 nitrogen and oxygen atoms in total. The molecule has 0 saturated heterocycles. The first-order chi connectivity index (χ1) is 24.0. The van der Waals surface area contributed by atoms with E-state index in [9.17, 15) is 38.4 Å². The molecule has 1 aliphatic rings. The number of aromatic nitrogens is 3. The number of nitriles is 1. The summed E-state index contributed by atoms with van der Waals surface area (Å²) >= 11 is 12.2. The molecular weight excluding hydrogens is 727 g/mol. The number of carbonyl (C=O) groups excluding carboxylic acids is 3. The summed E-state index contributed by atoms with van der Waals surface area (Å²) in [5.41, 5.74) is -1.31. The number of hydrogen-bond acceptors (Lipinski definition) is 8. The first-order valence-electron chi connectivity index (χ1n) is 15.3. The maximum absolute atomic E-state index is 14.4. The van der Waals surface area contributed by atoms with Crippen LogP contribution in [-0.2, 0) is 36.2 Å². The first-order valence-corrected chi connectivity index (χ1v) is 17.6. The summed E-state index contributed by atoms with van der Waals surface area (Å²) < 4.78 is 32.0. The maximum atomic E-state index is 14.4. The van der Waals surface area contributed by atoms with E-state index >= 15 is 0 Å². The molecule has 4 aromatic rings. The number of benzene rings is 2. The summed E-state index contributed by atoms with van der Waals surface area (Å²) in [5.74, 6) is -3.37. The number of hydrogen-bond donors (Lipinski definition) is 4. The van der Waals surface area contributed by atoms with Gasteiger partial charge in [-0.2, -0.15) is 5.26 Å². The van der Waals surface area contributed by atoms with E-state index in [1.165, 1.54) is 16.7 Å². The van der Waals surface area contributed by atoms with Crippen molar-refractivity contribution in [2.45, 2.75) is 50.7 Å². The molecule has 0 saturated carbocycles. The minimum atomic E-state index is -5.10. The Morgan fingerprint density at radius 1 is 1.16 bits per heavy atom. The maximum Gasteiger partial charge on any atom is 0.469 e. The molecule has 1 aliphatic heterocycles. The van der Waals surface area contributed by atoms with Crippen LogP contribution >= 0.6 is 31.0 Å². The number of halogens is 3. The highest BCUT2D eigenvalue weighted by molar-refractivity contribution is 7.46. The fourth-order valence-electron chi connectivity index (χ4n) is 5.70. The van der Waals surface area contributed by atoms with Gasteiger partial charge in [-0.1, -0.05) is 48.3 Å². The van der Waals surface area contributed by atoms with Crippen LogP contribution in [0.3, 0.4) is 0 Å². The number of fused-ring (bicyclic) bond motifs is 1. The van der Waals surface area contributed by atoms with Crippen molar-refractivity contribution in [2.24, 2.45) is 0 Å². The van der Waals surface area contributed by atoms with Crippen molar-refractivity contribution >= 4 is 60.4 Å². The van der Waals surface area contributed by atoms with E-state index in [1.807, 2.05) is 6.07 Å². The molecule has 3 amide bonds. The Balaban J connectivity index is 1.55. The standard InChI is InChI=1S/C33H31Cl2FN7O7P/c1-4-32(2,26-7-5-6-12-38-26)41-28(44)24(18-50-51(47,48)49)40-29(45)25-17-39-31-42(21-13-22(34)27(36)23(35)14-21)30(46)33(3,43(25)31)15-19-8-10-20(16-37)11-9-19/h5-14,17,24H,4,15,18H2,1-3H3,(H,40,45)(H,41,44)(H2,47,48,49)/t24?,32-,33+/m0/s1. The average Bonchev–Trinajstić information content (AvgIpc) is 3.62. The van der Waals surface area contributed by atoms with Crippen LogP contribution in [-0.4, -0.2) is 54.7 Å². The van der Waals surface area contributed by atoms with Crippen LogP contribution in [0.1, 0.15) is 54.5 Å². The lowest BCUT2D eigenvalue weighted by Crippen LogP contribution is -2.55. The lowest BCUT2D eigenvalue weighted by molar-refractivity contribution is -0.126. The van der Waals surface area contributed by atoms with E-state index in [0.717, 1.165) is 11.1 Å². The largest absolute Gasteiger partial charge is 0.469 e. The van der Waals surface area contributed by atoms with Gasteiger partial charge in [0.2, 0.25) is 11.9 Å². The molecule has 4 N–H and O–H groups in total. The van der Waals surface area contributed by atoms with Gasteiger partial charge in [0.1, 0.15) is 17.3 Å². The smallest absolute Gasteiger partial charge is 0.343 e. The summed E-state index contributed by atoms with van der Waals surface area (Å²) in [5, 5.41) is 13.8. The Hall–Kier alpha value is -4.68. The number of phosphoric acid groups is 1. The van der Waals surface area contributed by atoms with Crippen LogP contribution < -0.4 is 15.5 Å². The van der Waals surface area contributed by atoms with Gasteiger partial charge >= 0.3 is 7.82 Å². The van der Waals surface area contributed by atoms with E-state index in [1.54, 1.807) is 69.4 Å². The van der Waals surface area contributed by atoms with Gasteiger partial charge in [0.05, 0.1) is 51.4 Å². The molecule has 0 bridgehead atoms. The number of amides is 3. The van der Waals surface area contributed by atoms with Crippen molar-refractivity contribution < 1.29 is 37.6 Å². The Kier molecular flexibility index (Phi) is 10.7. The molecule has 3 atom stereocenters. The molecule has 3 heterocycles. The van der Waals surface area contributed by atoms with Crippen molar-refractivity contribution in [3.8, 4) is 6.07 Å². The Morgan fingerprint density at radius 2 is 1.82 bits per heavy atom. The van der Waals surface area contributed by atoms with Crippen molar-refractivity contribution in [1.82, 2.24) is 25.2 Å². The van der Waals surface area contributed by atoms with E-state index in [-0.39, 0.29) is 33.8 Å². The predicted molar refractivity (Wildman–Crippen MR) is 184 cm³/mol. The van der Waals surface area contributed by atoms with E-state index in [4.69, 9.17) is 23.2 Å². The van der Waals surface area contributed by atoms with Gasteiger partial charge in [0.15, 0.2) is 5.82 Å². The van der Waals surface area contributed by atoms with Crippen molar-refractivity contribution in [3.63, 3.8) is 0 Å². The molecule has 51 heavy (non-hydrogen) atoms. The third-order valence-electron chi connectivity index (χ3n) is 8.56. The molecule has 0 spiro atoms. The van der Waals surface area contributed by atoms with Crippen LogP contribution in [0.2, 0.25) is 10.0 Å². The highest BCUT2D eigenvalue weighted by atomic mass is 35.5. The van der Waals surface area contributed by atoms with Crippen LogP contribution in [0.5, 0.6) is 0 Å². The SMILES string of the molecule is CC[C@](C)(NC(=O)C(COP(=O)(O)O)NC(=O)c1cnc2n1[C@](C)(Cc1ccc(C#N)cc1)C(=O)N2c1cc(Cl)c(F)c(Cl)c1)c1ccccn1. The molecule has 0 aliphatic carbocycles. The molecule has 2 aromatic heterocycles. The summed E-state index contributed by atoms with van der Waals surface area (Å²) in [6.45, 7) is 4.11. The number of pyridine rings is 1. The Bertz CT molecular complexity index is 2070. The number of rotatable bonds is 12. The molecule has 5 rings (SSSR count). The van der Waals surface area contributed by atoms with Gasteiger partial charge in [-0.25, -0.2) is 18.8 Å². The quantitative estimate of drug-likeness (QED) is 0.114. The van der Waals surface area contributed by atoms with Gasteiger partial charge in [-0.05, 0) is 62.2 Å². The predicted octanol–water partition coefficient (Wildman–Crippen LogP) is 4.88. The number of imidazole rings is 1. The zero-order valence-electron chi connectivity index (χ0n) is 27.3.